The smallest absolute Gasteiger partial charge is 0.262 e. The summed E-state index contributed by atoms with van der Waals surface area (Å²) in [7, 11) is 0. The Balaban J connectivity index is 1.98. The molecule has 19 heavy (non-hydrogen) atoms. The van der Waals surface area contributed by atoms with E-state index in [2.05, 4.69) is 4.98 Å². The first kappa shape index (κ1) is 11.4. The number of aromatic amines is 1. The zero-order chi connectivity index (χ0) is 13.0. The molecule has 4 heteroatoms. The van der Waals surface area contributed by atoms with Gasteiger partial charge >= 0.3 is 0 Å². The number of benzene rings is 1. The first-order valence-electron chi connectivity index (χ1n) is 6.99. The molecule has 1 aromatic heterocycles. The molecule has 0 amide bonds. The summed E-state index contributed by atoms with van der Waals surface area (Å²) in [6, 6.07) is 7.97. The molecule has 2 saturated carbocycles. The molecular weight excluding hydrogens is 256 g/mol. The Morgan fingerprint density at radius 2 is 1.79 bits per heavy atom. The van der Waals surface area contributed by atoms with Crippen molar-refractivity contribution >= 4 is 23.1 Å². The second-order valence-corrected chi connectivity index (χ2v) is 6.20. The van der Waals surface area contributed by atoms with Gasteiger partial charge in [0.05, 0.1) is 10.9 Å². The molecule has 98 valence electrons. The van der Waals surface area contributed by atoms with Gasteiger partial charge in [0.2, 0.25) is 0 Å². The number of aromatic nitrogens is 2. The maximum atomic E-state index is 12.7. The molecule has 3 nitrogen and oxygen atoms in total. The molecule has 2 aliphatic carbocycles. The highest BCUT2D eigenvalue weighted by Crippen LogP contribution is 2.51. The van der Waals surface area contributed by atoms with E-state index in [1.165, 1.54) is 25.7 Å². The number of nitrogens with one attached hydrogen (secondary N) is 1. The molecule has 2 fully saturated rings. The summed E-state index contributed by atoms with van der Waals surface area (Å²) in [5.41, 5.74) is 0.933. The summed E-state index contributed by atoms with van der Waals surface area (Å²) >= 11 is 5.44. The van der Waals surface area contributed by atoms with Crippen molar-refractivity contribution in [2.45, 2.75) is 31.7 Å². The fraction of sp³-hybridized carbons (Fsp3) is 0.467. The van der Waals surface area contributed by atoms with E-state index in [0.29, 0.717) is 22.6 Å². The van der Waals surface area contributed by atoms with Crippen LogP contribution in [0.2, 0.25) is 0 Å². The Labute approximate surface area is 116 Å². The quantitative estimate of drug-likeness (QED) is 0.869. The number of H-pyrrole nitrogens is 1. The van der Waals surface area contributed by atoms with Crippen molar-refractivity contribution < 1.29 is 0 Å². The van der Waals surface area contributed by atoms with E-state index in [4.69, 9.17) is 12.2 Å². The number of nitrogens with zero attached hydrogens (tertiary/aromatic N) is 1. The predicted octanol–water partition coefficient (Wildman–Crippen LogP) is 3.42. The van der Waals surface area contributed by atoms with E-state index in [9.17, 15) is 4.79 Å². The van der Waals surface area contributed by atoms with E-state index >= 15 is 0 Å². The minimum Gasteiger partial charge on any atom is -0.332 e. The molecular formula is C15H16N2OS. The summed E-state index contributed by atoms with van der Waals surface area (Å²) in [5, 5.41) is 0.752. The Morgan fingerprint density at radius 1 is 1.16 bits per heavy atom. The highest BCUT2D eigenvalue weighted by molar-refractivity contribution is 7.71. The van der Waals surface area contributed by atoms with Crippen molar-refractivity contribution in [1.29, 1.82) is 0 Å². The Morgan fingerprint density at radius 3 is 2.42 bits per heavy atom. The van der Waals surface area contributed by atoms with E-state index in [1.807, 2.05) is 28.8 Å². The third-order valence-corrected chi connectivity index (χ3v) is 4.64. The molecule has 0 saturated heterocycles. The standard InChI is InChI=1S/C15H16N2OS/c18-14-11-3-1-2-4-12(11)16-15(19)17(14)13(9-5-6-9)10-7-8-10/h1-4,9-10,13H,5-8H2,(H,16,19). The summed E-state index contributed by atoms with van der Waals surface area (Å²) in [6.07, 6.45) is 4.98. The molecule has 0 atom stereocenters. The van der Waals surface area contributed by atoms with E-state index in [-0.39, 0.29) is 5.56 Å². The largest absolute Gasteiger partial charge is 0.332 e. The van der Waals surface area contributed by atoms with Crippen molar-refractivity contribution in [3.8, 4) is 0 Å². The Hall–Kier alpha value is -1.42. The lowest BCUT2D eigenvalue weighted by Gasteiger charge is -2.19. The number of rotatable bonds is 3. The highest BCUT2D eigenvalue weighted by Gasteiger charge is 2.43. The van der Waals surface area contributed by atoms with Gasteiger partial charge in [0, 0.05) is 6.04 Å². The van der Waals surface area contributed by atoms with Gasteiger partial charge in [-0.1, -0.05) is 12.1 Å². The zero-order valence-corrected chi connectivity index (χ0v) is 11.5. The average Bonchev–Trinajstić information content (AvgIpc) is 3.27. The average molecular weight is 272 g/mol. The number of hydrogen-bond acceptors (Lipinski definition) is 2. The number of para-hydroxylation sites is 1. The van der Waals surface area contributed by atoms with Crippen LogP contribution < -0.4 is 5.56 Å². The Bertz CT molecular complexity index is 741. The fourth-order valence-corrected chi connectivity index (χ4v) is 3.44. The lowest BCUT2D eigenvalue weighted by molar-refractivity contribution is 0.378. The fourth-order valence-electron chi connectivity index (χ4n) is 3.13. The zero-order valence-electron chi connectivity index (χ0n) is 10.6. The highest BCUT2D eigenvalue weighted by atomic mass is 32.1. The van der Waals surface area contributed by atoms with Crippen molar-refractivity contribution in [2.24, 2.45) is 11.8 Å². The minimum absolute atomic E-state index is 0.0862. The van der Waals surface area contributed by atoms with Gasteiger partial charge in [-0.25, -0.2) is 0 Å². The lowest BCUT2D eigenvalue weighted by Crippen LogP contribution is -2.29. The molecule has 2 aromatic rings. The van der Waals surface area contributed by atoms with Crippen molar-refractivity contribution in [3.63, 3.8) is 0 Å². The van der Waals surface area contributed by atoms with Crippen molar-refractivity contribution in [1.82, 2.24) is 9.55 Å². The van der Waals surface area contributed by atoms with Gasteiger partial charge in [0.1, 0.15) is 0 Å². The topological polar surface area (TPSA) is 37.8 Å². The Kier molecular flexibility index (Phi) is 2.42. The second-order valence-electron chi connectivity index (χ2n) is 5.82. The maximum absolute atomic E-state index is 12.7. The van der Waals surface area contributed by atoms with Gasteiger partial charge in [-0.2, -0.15) is 0 Å². The number of fused-ring (bicyclic) bond motifs is 1. The van der Waals surface area contributed by atoms with Gasteiger partial charge in [0.15, 0.2) is 4.77 Å². The summed E-state index contributed by atoms with van der Waals surface area (Å²) in [6.45, 7) is 0. The van der Waals surface area contributed by atoms with E-state index in [0.717, 1.165) is 10.9 Å². The van der Waals surface area contributed by atoms with E-state index < -0.39 is 0 Å². The molecule has 0 spiro atoms. The van der Waals surface area contributed by atoms with Crippen LogP contribution in [0.3, 0.4) is 0 Å². The van der Waals surface area contributed by atoms with Gasteiger partial charge in [-0.15, -0.1) is 0 Å². The first-order valence-corrected chi connectivity index (χ1v) is 7.40. The van der Waals surface area contributed by atoms with Crippen LogP contribution in [0.5, 0.6) is 0 Å². The summed E-state index contributed by atoms with van der Waals surface area (Å²) in [5.74, 6) is 1.34. The minimum atomic E-state index is 0.0862. The summed E-state index contributed by atoms with van der Waals surface area (Å²) < 4.78 is 2.46. The maximum Gasteiger partial charge on any atom is 0.262 e. The summed E-state index contributed by atoms with van der Waals surface area (Å²) in [4.78, 5) is 16.0. The monoisotopic (exact) mass is 272 g/mol. The van der Waals surface area contributed by atoms with Crippen LogP contribution in [-0.4, -0.2) is 9.55 Å². The molecule has 0 unspecified atom stereocenters. The molecule has 1 heterocycles. The second kappa shape index (κ2) is 4.04. The van der Waals surface area contributed by atoms with Gasteiger partial charge in [-0.3, -0.25) is 9.36 Å². The number of hydrogen-bond donors (Lipinski definition) is 1. The van der Waals surface area contributed by atoms with Crippen molar-refractivity contribution in [2.75, 3.05) is 0 Å². The molecule has 1 aromatic carbocycles. The first-order chi connectivity index (χ1) is 9.25. The van der Waals surface area contributed by atoms with Crippen molar-refractivity contribution in [3.05, 3.63) is 39.4 Å². The molecule has 0 bridgehead atoms. The molecule has 0 aliphatic heterocycles. The molecule has 2 aliphatic rings. The van der Waals surface area contributed by atoms with Crippen LogP contribution in [0, 0.1) is 16.6 Å². The van der Waals surface area contributed by atoms with Crippen LogP contribution in [0.25, 0.3) is 10.9 Å². The van der Waals surface area contributed by atoms with Gasteiger partial charge in [-0.05, 0) is 61.9 Å². The predicted molar refractivity (Wildman–Crippen MR) is 77.9 cm³/mol. The van der Waals surface area contributed by atoms with Crippen LogP contribution in [0.4, 0.5) is 0 Å². The molecule has 1 N–H and O–H groups in total. The van der Waals surface area contributed by atoms with Gasteiger partial charge in [0.25, 0.3) is 5.56 Å². The molecule has 0 radical (unpaired) electrons. The van der Waals surface area contributed by atoms with Crippen LogP contribution in [0.15, 0.2) is 29.1 Å². The third kappa shape index (κ3) is 1.86. The SMILES string of the molecule is O=c1c2ccccc2[nH]c(=S)n1C(C1CC1)C1CC1. The third-order valence-electron chi connectivity index (χ3n) is 4.34. The molecule has 4 rings (SSSR count). The van der Waals surface area contributed by atoms with Crippen LogP contribution >= 0.6 is 12.2 Å². The lowest BCUT2D eigenvalue weighted by atomic mass is 10.1. The van der Waals surface area contributed by atoms with Gasteiger partial charge < -0.3 is 4.98 Å². The van der Waals surface area contributed by atoms with Crippen LogP contribution in [-0.2, 0) is 0 Å². The van der Waals surface area contributed by atoms with Crippen LogP contribution in [0.1, 0.15) is 31.7 Å². The normalized spacial score (nSPS) is 19.2. The van der Waals surface area contributed by atoms with E-state index in [1.54, 1.807) is 0 Å².